The molecule has 3 atom stereocenters. The maximum absolute atomic E-state index is 15.4. The molecule has 1 saturated heterocycles. The molecule has 1 aromatic carbocycles. The van der Waals surface area contributed by atoms with E-state index in [-0.39, 0.29) is 49.8 Å². The lowest BCUT2D eigenvalue weighted by atomic mass is 9.88. The van der Waals surface area contributed by atoms with Crippen molar-refractivity contribution in [3.63, 3.8) is 0 Å². The zero-order valence-electron chi connectivity index (χ0n) is 21.0. The van der Waals surface area contributed by atoms with E-state index in [1.54, 1.807) is 16.7 Å². The fraction of sp³-hybridized carbons (Fsp3) is 0.542. The van der Waals surface area contributed by atoms with Gasteiger partial charge in [-0.1, -0.05) is 24.3 Å². The largest absolute Gasteiger partial charge is 0.421 e. The van der Waals surface area contributed by atoms with Gasteiger partial charge in [0, 0.05) is 32.7 Å². The number of nitrogens with two attached hydrogens (primary N) is 1. The van der Waals surface area contributed by atoms with Crippen LogP contribution in [-0.2, 0) is 16.9 Å². The third kappa shape index (κ3) is 6.49. The summed E-state index contributed by atoms with van der Waals surface area (Å²) in [5, 5.41) is 33.9. The van der Waals surface area contributed by atoms with E-state index >= 15 is 4.39 Å². The lowest BCUT2D eigenvalue weighted by molar-refractivity contribution is -0.258. The van der Waals surface area contributed by atoms with E-state index in [4.69, 9.17) is 5.73 Å². The number of anilines is 2. The number of rotatable bonds is 10. The first-order valence-corrected chi connectivity index (χ1v) is 12.0. The summed E-state index contributed by atoms with van der Waals surface area (Å²) in [6.45, 7) is 2.86. The Morgan fingerprint density at radius 1 is 1.29 bits per heavy atom. The predicted octanol–water partition coefficient (Wildman–Crippen LogP) is 1.11. The second kappa shape index (κ2) is 11.4. The van der Waals surface area contributed by atoms with E-state index in [1.807, 2.05) is 0 Å². The summed E-state index contributed by atoms with van der Waals surface area (Å²) in [5.74, 6) is -1.64. The third-order valence-electron chi connectivity index (χ3n) is 6.75. The van der Waals surface area contributed by atoms with Crippen LogP contribution in [0.15, 0.2) is 30.6 Å². The number of aliphatic hydroxyl groups excluding tert-OH is 1. The van der Waals surface area contributed by atoms with Gasteiger partial charge in [0.25, 0.3) is 0 Å². The third-order valence-corrected chi connectivity index (χ3v) is 6.75. The highest BCUT2D eigenvalue weighted by Crippen LogP contribution is 2.38. The molecular formula is C24H32F4N6O4. The van der Waals surface area contributed by atoms with Crippen LogP contribution < -0.4 is 16.0 Å². The van der Waals surface area contributed by atoms with Crippen LogP contribution in [0.1, 0.15) is 31.4 Å². The highest BCUT2D eigenvalue weighted by atomic mass is 19.4. The van der Waals surface area contributed by atoms with Crippen LogP contribution in [0, 0.1) is 5.82 Å². The Labute approximate surface area is 217 Å². The molecule has 1 aromatic heterocycles. The van der Waals surface area contributed by atoms with E-state index in [9.17, 15) is 33.3 Å². The number of halogens is 4. The number of aromatic nitrogens is 2. The minimum atomic E-state index is -4.85. The number of carbonyl (C=O) groups is 1. The summed E-state index contributed by atoms with van der Waals surface area (Å²) in [7, 11) is 0. The summed E-state index contributed by atoms with van der Waals surface area (Å²) < 4.78 is 54.7. The minimum Gasteiger partial charge on any atom is -0.389 e. The Morgan fingerprint density at radius 3 is 2.50 bits per heavy atom. The highest BCUT2D eigenvalue weighted by Gasteiger charge is 2.51. The van der Waals surface area contributed by atoms with E-state index < -0.39 is 35.2 Å². The number of piperidine rings is 1. The zero-order chi connectivity index (χ0) is 28.3. The SMILES string of the molecule is CCN(Cc1ccc(C(C)(O)C(F)(F)F)cc1)c1ncnc(NC[C@]2(O)CCN(CC(N)=O)C[C@H]2O)c1F. The number of amides is 1. The van der Waals surface area contributed by atoms with Crippen LogP contribution >= 0.6 is 0 Å². The number of hydrogen-bond donors (Lipinski definition) is 5. The standard InChI is InChI=1S/C24H32F4N6O4/c1-3-34(10-15-4-6-16(7-5-15)22(2,37)24(26,27)28)21-19(25)20(31-14-32-21)30-13-23(38)8-9-33(11-17(23)35)12-18(29)36/h4-7,14,17,35,37-38H,3,8-13H2,1-2H3,(H2,29,36)(H,30,31,32)/t17-,22?,23-/m1/s1. The topological polar surface area (TPSA) is 148 Å². The molecular weight excluding hydrogens is 512 g/mol. The molecule has 1 aliphatic heterocycles. The number of primary amides is 1. The van der Waals surface area contributed by atoms with Gasteiger partial charge in [0.2, 0.25) is 11.7 Å². The quantitative estimate of drug-likeness (QED) is 0.278. The van der Waals surface area contributed by atoms with Crippen LogP contribution in [0.4, 0.5) is 29.2 Å². The van der Waals surface area contributed by atoms with Crippen molar-refractivity contribution in [1.29, 1.82) is 0 Å². The number of alkyl halides is 3. The Bertz CT molecular complexity index is 1120. The maximum Gasteiger partial charge on any atom is 0.421 e. The molecule has 10 nitrogen and oxygen atoms in total. The van der Waals surface area contributed by atoms with Crippen LogP contribution in [-0.4, -0.2) is 86.7 Å². The molecule has 1 unspecified atom stereocenters. The van der Waals surface area contributed by atoms with Crippen molar-refractivity contribution < 1.29 is 37.7 Å². The molecule has 6 N–H and O–H groups in total. The van der Waals surface area contributed by atoms with Gasteiger partial charge in [0.05, 0.1) is 12.6 Å². The van der Waals surface area contributed by atoms with Gasteiger partial charge in [-0.05, 0) is 31.4 Å². The molecule has 1 aliphatic rings. The van der Waals surface area contributed by atoms with E-state index in [0.717, 1.165) is 6.33 Å². The number of benzene rings is 1. The van der Waals surface area contributed by atoms with Crippen molar-refractivity contribution in [2.75, 3.05) is 42.9 Å². The molecule has 0 saturated carbocycles. The molecule has 1 fully saturated rings. The number of nitrogens with one attached hydrogen (secondary N) is 1. The molecule has 2 heterocycles. The van der Waals surface area contributed by atoms with Gasteiger partial charge in [-0.3, -0.25) is 9.69 Å². The predicted molar refractivity (Wildman–Crippen MR) is 130 cm³/mol. The molecule has 0 aliphatic carbocycles. The molecule has 0 bridgehead atoms. The molecule has 3 rings (SSSR count). The Balaban J connectivity index is 1.70. The number of hydrogen-bond acceptors (Lipinski definition) is 9. The van der Waals surface area contributed by atoms with Crippen LogP contribution in [0.5, 0.6) is 0 Å². The first-order chi connectivity index (χ1) is 17.7. The molecule has 1 amide bonds. The first-order valence-electron chi connectivity index (χ1n) is 12.0. The van der Waals surface area contributed by atoms with Gasteiger partial charge in [0.15, 0.2) is 17.2 Å². The second-order valence-corrected chi connectivity index (χ2v) is 9.57. The van der Waals surface area contributed by atoms with Gasteiger partial charge in [0.1, 0.15) is 11.9 Å². The number of carbonyl (C=O) groups excluding carboxylic acids is 1. The summed E-state index contributed by atoms with van der Waals surface area (Å²) in [5.41, 5.74) is 0.802. The van der Waals surface area contributed by atoms with Crippen LogP contribution in [0.25, 0.3) is 0 Å². The average Bonchev–Trinajstić information content (AvgIpc) is 2.84. The lowest BCUT2D eigenvalue weighted by Gasteiger charge is -2.41. The van der Waals surface area contributed by atoms with Gasteiger partial charge in [-0.15, -0.1) is 0 Å². The van der Waals surface area contributed by atoms with Crippen molar-refractivity contribution in [3.05, 3.63) is 47.5 Å². The number of β-amino-alcohol motifs (C(OH)–C–C–N with tert-alkyl or cyclic N) is 1. The van der Waals surface area contributed by atoms with Gasteiger partial charge < -0.3 is 31.3 Å². The van der Waals surface area contributed by atoms with Crippen molar-refractivity contribution in [3.8, 4) is 0 Å². The van der Waals surface area contributed by atoms with Crippen LogP contribution in [0.3, 0.4) is 0 Å². The Kier molecular flexibility index (Phi) is 8.81. The summed E-state index contributed by atoms with van der Waals surface area (Å²) >= 11 is 0. The number of likely N-dealkylation sites (tertiary alicyclic amines) is 1. The number of nitrogens with zero attached hydrogens (tertiary/aromatic N) is 4. The van der Waals surface area contributed by atoms with E-state index in [0.29, 0.717) is 25.6 Å². The van der Waals surface area contributed by atoms with Crippen molar-refractivity contribution in [2.45, 2.75) is 50.3 Å². The zero-order valence-corrected chi connectivity index (χ0v) is 21.0. The highest BCUT2D eigenvalue weighted by molar-refractivity contribution is 5.75. The Hall–Kier alpha value is -3.07. The average molecular weight is 545 g/mol. The maximum atomic E-state index is 15.4. The van der Waals surface area contributed by atoms with E-state index in [1.165, 1.54) is 24.3 Å². The monoisotopic (exact) mass is 544 g/mol. The molecule has 0 spiro atoms. The van der Waals surface area contributed by atoms with Gasteiger partial charge >= 0.3 is 6.18 Å². The first kappa shape index (κ1) is 29.5. The van der Waals surface area contributed by atoms with Gasteiger partial charge in [-0.2, -0.15) is 17.6 Å². The normalized spacial score (nSPS) is 22.1. The molecule has 14 heteroatoms. The molecule has 0 radical (unpaired) electrons. The Morgan fingerprint density at radius 2 is 1.95 bits per heavy atom. The molecule has 2 aromatic rings. The second-order valence-electron chi connectivity index (χ2n) is 9.57. The van der Waals surface area contributed by atoms with Crippen molar-refractivity contribution in [2.24, 2.45) is 5.73 Å². The lowest BCUT2D eigenvalue weighted by Crippen LogP contribution is -2.59. The smallest absolute Gasteiger partial charge is 0.389 e. The summed E-state index contributed by atoms with van der Waals surface area (Å²) in [4.78, 5) is 22.2. The van der Waals surface area contributed by atoms with Crippen molar-refractivity contribution >= 4 is 17.5 Å². The molecule has 38 heavy (non-hydrogen) atoms. The van der Waals surface area contributed by atoms with Crippen LogP contribution in [0.2, 0.25) is 0 Å². The van der Waals surface area contributed by atoms with E-state index in [2.05, 4.69) is 15.3 Å². The minimum absolute atomic E-state index is 0.0133. The molecule has 210 valence electrons. The fourth-order valence-electron chi connectivity index (χ4n) is 4.19. The summed E-state index contributed by atoms with van der Waals surface area (Å²) in [6.07, 6.45) is -4.84. The summed E-state index contributed by atoms with van der Waals surface area (Å²) in [6, 6.07) is 5.16. The van der Waals surface area contributed by atoms with Gasteiger partial charge in [-0.25, -0.2) is 9.97 Å². The van der Waals surface area contributed by atoms with Crippen molar-refractivity contribution in [1.82, 2.24) is 14.9 Å². The fourth-order valence-corrected chi connectivity index (χ4v) is 4.19. The number of aliphatic hydroxyl groups is 3.